The molecule has 0 aromatic heterocycles. The first-order valence-electron chi connectivity index (χ1n) is 6.68. The number of nitrogens with one attached hydrogen (secondary N) is 1. The summed E-state index contributed by atoms with van der Waals surface area (Å²) < 4.78 is 6.51. The van der Waals surface area contributed by atoms with Crippen molar-refractivity contribution in [1.82, 2.24) is 10.2 Å². The van der Waals surface area contributed by atoms with Crippen molar-refractivity contribution in [3.05, 3.63) is 22.7 Å². The van der Waals surface area contributed by atoms with Gasteiger partial charge in [0.15, 0.2) is 0 Å². The van der Waals surface area contributed by atoms with Gasteiger partial charge in [-0.05, 0) is 18.2 Å². The van der Waals surface area contributed by atoms with Crippen LogP contribution in [0, 0.1) is 0 Å². The molecule has 0 saturated carbocycles. The molecule has 1 aliphatic heterocycles. The lowest BCUT2D eigenvalue weighted by Crippen LogP contribution is -2.46. The van der Waals surface area contributed by atoms with Crippen LogP contribution >= 0.6 is 15.9 Å². The lowest BCUT2D eigenvalue weighted by molar-refractivity contribution is 0.246. The lowest BCUT2D eigenvalue weighted by atomic mass is 10.2. The van der Waals surface area contributed by atoms with Crippen LogP contribution in [0.15, 0.2) is 22.7 Å². The maximum Gasteiger partial charge on any atom is 0.142 e. The van der Waals surface area contributed by atoms with Gasteiger partial charge >= 0.3 is 0 Å². The van der Waals surface area contributed by atoms with Gasteiger partial charge in [0.25, 0.3) is 0 Å². The first kappa shape index (κ1) is 14.6. The second-order valence-corrected chi connectivity index (χ2v) is 5.75. The maximum absolute atomic E-state index is 5.43. The fourth-order valence-corrected chi connectivity index (χ4v) is 2.66. The van der Waals surface area contributed by atoms with E-state index in [4.69, 9.17) is 4.74 Å². The molecule has 19 heavy (non-hydrogen) atoms. The fraction of sp³-hybridized carbons (Fsp3) is 0.571. The summed E-state index contributed by atoms with van der Waals surface area (Å²) in [6.07, 6.45) is 0. The monoisotopic (exact) mass is 327 g/mol. The van der Waals surface area contributed by atoms with Crippen molar-refractivity contribution >= 4 is 21.6 Å². The van der Waals surface area contributed by atoms with Crippen LogP contribution in [-0.2, 0) is 0 Å². The average molecular weight is 328 g/mol. The van der Waals surface area contributed by atoms with Crippen molar-refractivity contribution in [2.75, 3.05) is 58.3 Å². The van der Waals surface area contributed by atoms with Gasteiger partial charge in [-0.3, -0.25) is 4.90 Å². The number of piperazine rings is 1. The van der Waals surface area contributed by atoms with Gasteiger partial charge in [-0.15, -0.1) is 0 Å². The minimum absolute atomic E-state index is 0.922. The van der Waals surface area contributed by atoms with Crippen molar-refractivity contribution in [3.63, 3.8) is 0 Å². The number of hydrogen-bond acceptors (Lipinski definition) is 4. The Labute approximate surface area is 123 Å². The molecule has 0 bridgehead atoms. The summed E-state index contributed by atoms with van der Waals surface area (Å²) >= 11 is 3.52. The molecular formula is C14H22BrN3O. The molecule has 5 heteroatoms. The van der Waals surface area contributed by atoms with Crippen LogP contribution in [0.2, 0.25) is 0 Å². The van der Waals surface area contributed by atoms with Crippen molar-refractivity contribution in [1.29, 1.82) is 0 Å². The molecule has 0 unspecified atom stereocenters. The Balaban J connectivity index is 1.94. The lowest BCUT2D eigenvalue weighted by Gasteiger charge is -2.30. The molecular weight excluding hydrogens is 306 g/mol. The van der Waals surface area contributed by atoms with E-state index in [-0.39, 0.29) is 0 Å². The van der Waals surface area contributed by atoms with Gasteiger partial charge in [0.2, 0.25) is 0 Å². The number of rotatable bonds is 5. The summed E-state index contributed by atoms with van der Waals surface area (Å²) in [5.74, 6) is 0.922. The third-order valence-corrected chi connectivity index (χ3v) is 4.01. The highest BCUT2D eigenvalue weighted by Gasteiger charge is 2.12. The smallest absolute Gasteiger partial charge is 0.142 e. The maximum atomic E-state index is 5.43. The molecule has 2 rings (SSSR count). The molecule has 0 radical (unpaired) electrons. The Kier molecular flexibility index (Phi) is 5.48. The Morgan fingerprint density at radius 3 is 2.79 bits per heavy atom. The minimum Gasteiger partial charge on any atom is -0.495 e. The van der Waals surface area contributed by atoms with Crippen molar-refractivity contribution in [2.45, 2.75) is 0 Å². The standard InChI is InChI=1S/C14H22BrN3O/c1-17(9-10-18-7-5-16-6-8-18)13-11-12(15)3-4-14(13)19-2/h3-4,11,16H,5-10H2,1-2H3. The van der Waals surface area contributed by atoms with Crippen molar-refractivity contribution in [3.8, 4) is 5.75 Å². The molecule has 0 amide bonds. The highest BCUT2D eigenvalue weighted by Crippen LogP contribution is 2.30. The van der Waals surface area contributed by atoms with Gasteiger partial charge in [0.05, 0.1) is 12.8 Å². The molecule has 1 aromatic rings. The topological polar surface area (TPSA) is 27.7 Å². The summed E-state index contributed by atoms with van der Waals surface area (Å²) in [7, 11) is 3.84. The van der Waals surface area contributed by atoms with Crippen LogP contribution in [0.1, 0.15) is 0 Å². The largest absolute Gasteiger partial charge is 0.495 e. The van der Waals surface area contributed by atoms with E-state index in [1.54, 1.807) is 7.11 Å². The summed E-state index contributed by atoms with van der Waals surface area (Å²) in [5.41, 5.74) is 1.13. The molecule has 1 saturated heterocycles. The van der Waals surface area contributed by atoms with E-state index in [0.29, 0.717) is 0 Å². The minimum atomic E-state index is 0.922. The van der Waals surface area contributed by atoms with Crippen LogP contribution in [-0.4, -0.2) is 58.3 Å². The zero-order valence-corrected chi connectivity index (χ0v) is 13.2. The summed E-state index contributed by atoms with van der Waals surface area (Å²) in [4.78, 5) is 4.75. The van der Waals surface area contributed by atoms with E-state index in [1.165, 1.54) is 0 Å². The first-order chi connectivity index (χ1) is 9.20. The molecule has 0 atom stereocenters. The zero-order valence-electron chi connectivity index (χ0n) is 11.7. The average Bonchev–Trinajstić information content (AvgIpc) is 2.46. The van der Waals surface area contributed by atoms with Crippen LogP contribution < -0.4 is 15.0 Å². The summed E-state index contributed by atoms with van der Waals surface area (Å²) in [5, 5.41) is 3.38. The second-order valence-electron chi connectivity index (χ2n) is 4.83. The SMILES string of the molecule is COc1ccc(Br)cc1N(C)CCN1CCNCC1. The van der Waals surface area contributed by atoms with Gasteiger partial charge in [-0.25, -0.2) is 0 Å². The van der Waals surface area contributed by atoms with Gasteiger partial charge in [-0.1, -0.05) is 15.9 Å². The number of nitrogens with zero attached hydrogens (tertiary/aromatic N) is 2. The van der Waals surface area contributed by atoms with Crippen LogP contribution in [0.5, 0.6) is 5.75 Å². The third-order valence-electron chi connectivity index (χ3n) is 3.51. The van der Waals surface area contributed by atoms with E-state index in [1.807, 2.05) is 12.1 Å². The number of likely N-dealkylation sites (N-methyl/N-ethyl adjacent to an activating group) is 1. The molecule has 1 heterocycles. The molecule has 1 aliphatic rings. The van der Waals surface area contributed by atoms with E-state index in [2.05, 4.69) is 44.2 Å². The number of halogens is 1. The van der Waals surface area contributed by atoms with E-state index in [9.17, 15) is 0 Å². The number of benzene rings is 1. The van der Waals surface area contributed by atoms with E-state index >= 15 is 0 Å². The number of anilines is 1. The Morgan fingerprint density at radius 1 is 1.37 bits per heavy atom. The van der Waals surface area contributed by atoms with Gasteiger partial charge < -0.3 is 15.0 Å². The number of methoxy groups -OCH3 is 1. The number of hydrogen-bond donors (Lipinski definition) is 1. The first-order valence-corrected chi connectivity index (χ1v) is 7.48. The van der Waals surface area contributed by atoms with Gasteiger partial charge in [0, 0.05) is 50.8 Å². The molecule has 0 aliphatic carbocycles. The van der Waals surface area contributed by atoms with Crippen LogP contribution in [0.25, 0.3) is 0 Å². The summed E-state index contributed by atoms with van der Waals surface area (Å²) in [6.45, 7) is 6.58. The molecule has 1 fully saturated rings. The highest BCUT2D eigenvalue weighted by molar-refractivity contribution is 9.10. The van der Waals surface area contributed by atoms with Crippen LogP contribution in [0.4, 0.5) is 5.69 Å². The second kappa shape index (κ2) is 7.12. The Hall–Kier alpha value is -0.780. The van der Waals surface area contributed by atoms with E-state index in [0.717, 1.165) is 55.2 Å². The molecule has 1 N–H and O–H groups in total. The van der Waals surface area contributed by atoms with Gasteiger partial charge in [-0.2, -0.15) is 0 Å². The van der Waals surface area contributed by atoms with Gasteiger partial charge in [0.1, 0.15) is 5.75 Å². The molecule has 0 spiro atoms. The quantitative estimate of drug-likeness (QED) is 0.892. The number of ether oxygens (including phenoxy) is 1. The van der Waals surface area contributed by atoms with E-state index < -0.39 is 0 Å². The molecule has 106 valence electrons. The molecule has 4 nitrogen and oxygen atoms in total. The predicted octanol–water partition coefficient (Wildman–Crippen LogP) is 1.80. The predicted molar refractivity (Wildman–Crippen MR) is 83.3 cm³/mol. The Bertz CT molecular complexity index is 408. The summed E-state index contributed by atoms with van der Waals surface area (Å²) in [6, 6.07) is 6.11. The normalized spacial score (nSPS) is 16.4. The zero-order chi connectivity index (χ0) is 13.7. The Morgan fingerprint density at radius 2 is 2.11 bits per heavy atom. The van der Waals surface area contributed by atoms with Crippen molar-refractivity contribution < 1.29 is 4.74 Å². The fourth-order valence-electron chi connectivity index (χ4n) is 2.31. The van der Waals surface area contributed by atoms with Crippen molar-refractivity contribution in [2.24, 2.45) is 0 Å². The molecule has 1 aromatic carbocycles. The third kappa shape index (κ3) is 4.09. The highest BCUT2D eigenvalue weighted by atomic mass is 79.9. The van der Waals surface area contributed by atoms with Crippen LogP contribution in [0.3, 0.4) is 0 Å².